The molecule has 6 heteroatoms. The maximum atomic E-state index is 5.71. The largest absolute Gasteiger partial charge is 0.321 e. The Hall–Kier alpha value is -1.62. The Morgan fingerprint density at radius 2 is 1.88 bits per heavy atom. The van der Waals surface area contributed by atoms with Gasteiger partial charge in [-0.15, -0.1) is 0 Å². The average Bonchev–Trinajstić information content (AvgIpc) is 2.48. The van der Waals surface area contributed by atoms with Crippen molar-refractivity contribution in [1.29, 1.82) is 0 Å². The molecular formula is C10H12ClN5. The number of nitrogens with one attached hydrogen (secondary N) is 1. The van der Waals surface area contributed by atoms with E-state index in [0.717, 1.165) is 17.1 Å². The number of halogens is 1. The smallest absolute Gasteiger partial charge is 0.227 e. The van der Waals surface area contributed by atoms with Gasteiger partial charge in [-0.1, -0.05) is 11.6 Å². The first-order chi connectivity index (χ1) is 7.58. The number of aromatic nitrogens is 4. The minimum atomic E-state index is 0.517. The highest BCUT2D eigenvalue weighted by molar-refractivity contribution is 6.30. The molecule has 2 aromatic heterocycles. The zero-order chi connectivity index (χ0) is 11.7. The van der Waals surface area contributed by atoms with E-state index in [1.165, 1.54) is 0 Å². The molecule has 0 aliphatic heterocycles. The molecule has 0 spiro atoms. The Labute approximate surface area is 98.5 Å². The predicted octanol–water partition coefficient (Wildman–Crippen LogP) is 2.22. The molecule has 0 unspecified atom stereocenters. The zero-order valence-electron chi connectivity index (χ0n) is 9.32. The molecule has 84 valence electrons. The predicted molar refractivity (Wildman–Crippen MR) is 63.0 cm³/mol. The van der Waals surface area contributed by atoms with Crippen LogP contribution in [0.1, 0.15) is 11.4 Å². The molecule has 0 saturated carbocycles. The minimum absolute atomic E-state index is 0.517. The van der Waals surface area contributed by atoms with Crippen molar-refractivity contribution < 1.29 is 0 Å². The summed E-state index contributed by atoms with van der Waals surface area (Å²) in [5, 5.41) is 7.94. The number of rotatable bonds is 2. The normalized spacial score (nSPS) is 10.5. The number of aryl methyl sites for hydroxylation is 2. The molecule has 16 heavy (non-hydrogen) atoms. The molecule has 0 atom stereocenters. The van der Waals surface area contributed by atoms with Gasteiger partial charge in [0.2, 0.25) is 5.95 Å². The lowest BCUT2D eigenvalue weighted by molar-refractivity contribution is 0.731. The number of hydrogen-bond donors (Lipinski definition) is 1. The number of hydrogen-bond acceptors (Lipinski definition) is 4. The van der Waals surface area contributed by atoms with E-state index < -0.39 is 0 Å². The van der Waals surface area contributed by atoms with Crippen molar-refractivity contribution >= 4 is 23.2 Å². The molecular weight excluding hydrogens is 226 g/mol. The van der Waals surface area contributed by atoms with Crippen LogP contribution in [0.25, 0.3) is 0 Å². The van der Waals surface area contributed by atoms with E-state index in [9.17, 15) is 0 Å². The Bertz CT molecular complexity index is 503. The molecule has 2 rings (SSSR count). The molecule has 0 aliphatic carbocycles. The van der Waals surface area contributed by atoms with Gasteiger partial charge in [-0.05, 0) is 13.8 Å². The third-order valence-corrected chi connectivity index (χ3v) is 2.56. The Kier molecular flexibility index (Phi) is 2.78. The van der Waals surface area contributed by atoms with Crippen LogP contribution >= 0.6 is 11.6 Å². The summed E-state index contributed by atoms with van der Waals surface area (Å²) in [4.78, 5) is 8.15. The van der Waals surface area contributed by atoms with Crippen molar-refractivity contribution in [2.24, 2.45) is 7.05 Å². The minimum Gasteiger partial charge on any atom is -0.321 e. The van der Waals surface area contributed by atoms with Crippen LogP contribution in [0, 0.1) is 13.8 Å². The maximum absolute atomic E-state index is 5.71. The molecule has 2 heterocycles. The summed E-state index contributed by atoms with van der Waals surface area (Å²) in [7, 11) is 1.90. The second kappa shape index (κ2) is 4.09. The average molecular weight is 238 g/mol. The van der Waals surface area contributed by atoms with Crippen molar-refractivity contribution in [3.05, 3.63) is 28.8 Å². The molecule has 1 N–H and O–H groups in total. The summed E-state index contributed by atoms with van der Waals surface area (Å²) < 4.78 is 1.81. The van der Waals surface area contributed by atoms with Crippen molar-refractivity contribution in [2.45, 2.75) is 13.8 Å². The highest BCUT2D eigenvalue weighted by Crippen LogP contribution is 2.21. The van der Waals surface area contributed by atoms with Gasteiger partial charge in [0.1, 0.15) is 0 Å². The van der Waals surface area contributed by atoms with Crippen LogP contribution in [-0.4, -0.2) is 19.7 Å². The molecule has 5 nitrogen and oxygen atoms in total. The molecule has 0 fully saturated rings. The third kappa shape index (κ3) is 1.99. The standard InChI is InChI=1S/C10H12ClN5/c1-6-9(7(2)16(3)15-6)14-10-12-4-8(11)5-13-10/h4-5H,1-3H3,(H,12,13,14). The first-order valence-electron chi connectivity index (χ1n) is 4.82. The lowest BCUT2D eigenvalue weighted by atomic mass is 10.3. The molecule has 0 saturated heterocycles. The van der Waals surface area contributed by atoms with Gasteiger partial charge in [0.05, 0.1) is 34.5 Å². The maximum Gasteiger partial charge on any atom is 0.227 e. The van der Waals surface area contributed by atoms with Crippen LogP contribution in [0.4, 0.5) is 11.6 Å². The lowest BCUT2D eigenvalue weighted by Gasteiger charge is -2.04. The van der Waals surface area contributed by atoms with Crippen LogP contribution in [-0.2, 0) is 7.05 Å². The van der Waals surface area contributed by atoms with Gasteiger partial charge < -0.3 is 5.32 Å². The molecule has 2 aromatic rings. The van der Waals surface area contributed by atoms with Crippen LogP contribution in [0.3, 0.4) is 0 Å². The summed E-state index contributed by atoms with van der Waals surface area (Å²) in [6.07, 6.45) is 3.11. The van der Waals surface area contributed by atoms with E-state index in [2.05, 4.69) is 20.4 Å². The highest BCUT2D eigenvalue weighted by atomic mass is 35.5. The van der Waals surface area contributed by atoms with Crippen molar-refractivity contribution in [2.75, 3.05) is 5.32 Å². The SMILES string of the molecule is Cc1nn(C)c(C)c1Nc1ncc(Cl)cn1. The summed E-state index contributed by atoms with van der Waals surface area (Å²) in [5.41, 5.74) is 2.89. The Morgan fingerprint density at radius 1 is 1.25 bits per heavy atom. The van der Waals surface area contributed by atoms with Gasteiger partial charge >= 0.3 is 0 Å². The van der Waals surface area contributed by atoms with E-state index in [1.807, 2.05) is 25.6 Å². The topological polar surface area (TPSA) is 55.6 Å². The van der Waals surface area contributed by atoms with Gasteiger partial charge in [-0.3, -0.25) is 4.68 Å². The van der Waals surface area contributed by atoms with Crippen molar-refractivity contribution in [3.63, 3.8) is 0 Å². The van der Waals surface area contributed by atoms with Gasteiger partial charge in [0.15, 0.2) is 0 Å². The van der Waals surface area contributed by atoms with Gasteiger partial charge in [0, 0.05) is 7.05 Å². The van der Waals surface area contributed by atoms with Crippen molar-refractivity contribution in [1.82, 2.24) is 19.7 Å². The molecule has 0 radical (unpaired) electrons. The Morgan fingerprint density at radius 3 is 2.38 bits per heavy atom. The monoisotopic (exact) mass is 237 g/mol. The second-order valence-electron chi connectivity index (χ2n) is 3.52. The van der Waals surface area contributed by atoms with E-state index >= 15 is 0 Å². The van der Waals surface area contributed by atoms with E-state index in [-0.39, 0.29) is 0 Å². The van der Waals surface area contributed by atoms with Crippen LogP contribution < -0.4 is 5.32 Å². The fourth-order valence-corrected chi connectivity index (χ4v) is 1.54. The van der Waals surface area contributed by atoms with Crippen LogP contribution in [0.15, 0.2) is 12.4 Å². The molecule has 0 aromatic carbocycles. The first kappa shape index (κ1) is 10.9. The summed E-state index contributed by atoms with van der Waals surface area (Å²) in [5.74, 6) is 0.517. The van der Waals surface area contributed by atoms with Gasteiger partial charge in [-0.2, -0.15) is 5.10 Å². The zero-order valence-corrected chi connectivity index (χ0v) is 10.1. The lowest BCUT2D eigenvalue weighted by Crippen LogP contribution is -1.99. The first-order valence-corrected chi connectivity index (χ1v) is 5.20. The highest BCUT2D eigenvalue weighted by Gasteiger charge is 2.10. The van der Waals surface area contributed by atoms with Crippen molar-refractivity contribution in [3.8, 4) is 0 Å². The van der Waals surface area contributed by atoms with Crippen LogP contribution in [0.5, 0.6) is 0 Å². The van der Waals surface area contributed by atoms with Gasteiger partial charge in [-0.25, -0.2) is 9.97 Å². The molecule has 0 amide bonds. The quantitative estimate of drug-likeness (QED) is 0.870. The third-order valence-electron chi connectivity index (χ3n) is 2.37. The number of nitrogens with zero attached hydrogens (tertiary/aromatic N) is 4. The molecule has 0 bridgehead atoms. The molecule has 0 aliphatic rings. The van der Waals surface area contributed by atoms with E-state index in [1.54, 1.807) is 12.4 Å². The summed E-state index contributed by atoms with van der Waals surface area (Å²) in [6.45, 7) is 3.92. The fourth-order valence-electron chi connectivity index (χ4n) is 1.44. The van der Waals surface area contributed by atoms with E-state index in [4.69, 9.17) is 11.6 Å². The summed E-state index contributed by atoms with van der Waals surface area (Å²) >= 11 is 5.71. The van der Waals surface area contributed by atoms with Gasteiger partial charge in [0.25, 0.3) is 0 Å². The second-order valence-corrected chi connectivity index (χ2v) is 3.96. The Balaban J connectivity index is 2.30. The van der Waals surface area contributed by atoms with Crippen LogP contribution in [0.2, 0.25) is 5.02 Å². The fraction of sp³-hybridized carbons (Fsp3) is 0.300. The van der Waals surface area contributed by atoms with E-state index in [0.29, 0.717) is 11.0 Å². The number of anilines is 2. The summed E-state index contributed by atoms with van der Waals surface area (Å²) in [6, 6.07) is 0.